The summed E-state index contributed by atoms with van der Waals surface area (Å²) < 4.78 is 6.46. The van der Waals surface area contributed by atoms with E-state index in [4.69, 9.17) is 4.74 Å². The number of anilines is 2. The summed E-state index contributed by atoms with van der Waals surface area (Å²) >= 11 is 3.44. The van der Waals surface area contributed by atoms with Crippen LogP contribution in [0.1, 0.15) is 13.3 Å². The van der Waals surface area contributed by atoms with E-state index >= 15 is 0 Å². The molecule has 0 saturated carbocycles. The third-order valence-electron chi connectivity index (χ3n) is 2.68. The largest absolute Gasteiger partial charge is 0.492 e. The second kappa shape index (κ2) is 8.46. The van der Waals surface area contributed by atoms with Gasteiger partial charge in [-0.1, -0.05) is 25.1 Å². The molecule has 1 heterocycles. The maximum Gasteiger partial charge on any atom is 0.224 e. The fourth-order valence-corrected chi connectivity index (χ4v) is 2.00. The number of benzene rings is 1. The lowest BCUT2D eigenvalue weighted by Crippen LogP contribution is -2.14. The van der Waals surface area contributed by atoms with Crippen molar-refractivity contribution in [1.29, 1.82) is 0 Å². The van der Waals surface area contributed by atoms with Crippen LogP contribution in [0.3, 0.4) is 0 Å². The summed E-state index contributed by atoms with van der Waals surface area (Å²) in [7, 11) is 0. The van der Waals surface area contributed by atoms with Crippen LogP contribution in [-0.4, -0.2) is 29.7 Å². The van der Waals surface area contributed by atoms with E-state index in [-0.39, 0.29) is 0 Å². The van der Waals surface area contributed by atoms with E-state index in [1.807, 2.05) is 30.3 Å². The highest BCUT2D eigenvalue weighted by Gasteiger charge is 2.04. The van der Waals surface area contributed by atoms with Crippen LogP contribution in [0.4, 0.5) is 11.8 Å². The Morgan fingerprint density at radius 3 is 2.71 bits per heavy atom. The van der Waals surface area contributed by atoms with Crippen molar-refractivity contribution in [3.63, 3.8) is 0 Å². The van der Waals surface area contributed by atoms with Crippen molar-refractivity contribution in [2.75, 3.05) is 30.3 Å². The van der Waals surface area contributed by atoms with Gasteiger partial charge in [-0.05, 0) is 34.5 Å². The van der Waals surface area contributed by atoms with Gasteiger partial charge in [0.25, 0.3) is 0 Å². The molecule has 5 nitrogen and oxygen atoms in total. The summed E-state index contributed by atoms with van der Waals surface area (Å²) in [6.45, 7) is 4.19. The Labute approximate surface area is 133 Å². The molecule has 0 atom stereocenters. The van der Waals surface area contributed by atoms with Gasteiger partial charge >= 0.3 is 0 Å². The van der Waals surface area contributed by atoms with Crippen molar-refractivity contribution in [3.8, 4) is 5.75 Å². The molecular weight excluding hydrogens is 332 g/mol. The highest BCUT2D eigenvalue weighted by molar-refractivity contribution is 9.10. The predicted octanol–water partition coefficient (Wildman–Crippen LogP) is 3.55. The van der Waals surface area contributed by atoms with Crippen molar-refractivity contribution < 1.29 is 4.74 Å². The molecule has 0 fully saturated rings. The maximum atomic E-state index is 5.63. The van der Waals surface area contributed by atoms with Gasteiger partial charge < -0.3 is 15.4 Å². The maximum absolute atomic E-state index is 5.63. The van der Waals surface area contributed by atoms with Crippen molar-refractivity contribution in [2.45, 2.75) is 13.3 Å². The van der Waals surface area contributed by atoms with Crippen molar-refractivity contribution in [2.24, 2.45) is 0 Å². The number of nitrogens with zero attached hydrogens (tertiary/aromatic N) is 2. The van der Waals surface area contributed by atoms with Gasteiger partial charge in [0.1, 0.15) is 18.2 Å². The molecule has 0 amide bonds. The van der Waals surface area contributed by atoms with Crippen LogP contribution in [-0.2, 0) is 0 Å². The van der Waals surface area contributed by atoms with Crippen LogP contribution >= 0.6 is 15.9 Å². The van der Waals surface area contributed by atoms with E-state index < -0.39 is 0 Å². The normalized spacial score (nSPS) is 10.2. The summed E-state index contributed by atoms with van der Waals surface area (Å²) in [5.41, 5.74) is 0. The molecule has 0 bridgehead atoms. The van der Waals surface area contributed by atoms with Gasteiger partial charge in [-0.2, -0.15) is 4.98 Å². The number of ether oxygens (including phenoxy) is 1. The third-order valence-corrected chi connectivity index (χ3v) is 3.26. The average molecular weight is 351 g/mol. The number of hydrogen-bond acceptors (Lipinski definition) is 5. The summed E-state index contributed by atoms with van der Waals surface area (Å²) in [6, 6.07) is 9.75. The Balaban J connectivity index is 1.82. The standard InChI is InChI=1S/C15H19BrN4O/c1-2-8-18-15-19-11-13(16)14(20-15)17-9-10-21-12-6-4-3-5-7-12/h3-7,11H,2,8-10H2,1H3,(H2,17,18,19,20). The van der Waals surface area contributed by atoms with Crippen LogP contribution in [0.5, 0.6) is 5.75 Å². The van der Waals surface area contributed by atoms with E-state index in [2.05, 4.69) is 43.5 Å². The number of rotatable bonds is 8. The molecule has 112 valence electrons. The topological polar surface area (TPSA) is 59.1 Å². The molecule has 0 aliphatic carbocycles. The molecule has 0 radical (unpaired) electrons. The summed E-state index contributed by atoms with van der Waals surface area (Å²) in [6.07, 6.45) is 2.78. The van der Waals surface area contributed by atoms with Gasteiger partial charge in [0.15, 0.2) is 0 Å². The molecule has 21 heavy (non-hydrogen) atoms. The van der Waals surface area contributed by atoms with Gasteiger partial charge in [-0.25, -0.2) is 4.98 Å². The minimum absolute atomic E-state index is 0.568. The molecule has 0 spiro atoms. The molecule has 2 N–H and O–H groups in total. The summed E-state index contributed by atoms with van der Waals surface area (Å²) in [4.78, 5) is 8.63. The first-order valence-electron chi connectivity index (χ1n) is 6.97. The Bertz CT molecular complexity index is 551. The molecular formula is C15H19BrN4O. The molecule has 0 aliphatic rings. The first-order chi connectivity index (χ1) is 10.3. The number of aromatic nitrogens is 2. The molecule has 1 aromatic carbocycles. The predicted molar refractivity (Wildman–Crippen MR) is 88.9 cm³/mol. The van der Waals surface area contributed by atoms with E-state index in [0.29, 0.717) is 19.1 Å². The van der Waals surface area contributed by atoms with Gasteiger partial charge in [0.2, 0.25) is 5.95 Å². The summed E-state index contributed by atoms with van der Waals surface area (Å²) in [5, 5.41) is 6.40. The fourth-order valence-electron chi connectivity index (χ4n) is 1.67. The van der Waals surface area contributed by atoms with Crippen LogP contribution in [0.15, 0.2) is 41.0 Å². The van der Waals surface area contributed by atoms with Crippen LogP contribution in [0.2, 0.25) is 0 Å². The zero-order chi connectivity index (χ0) is 14.9. The Kier molecular flexibility index (Phi) is 6.27. The molecule has 0 aliphatic heterocycles. The van der Waals surface area contributed by atoms with E-state index in [1.54, 1.807) is 6.20 Å². The number of hydrogen-bond donors (Lipinski definition) is 2. The SMILES string of the molecule is CCCNc1ncc(Br)c(NCCOc2ccccc2)n1. The number of para-hydroxylation sites is 1. The van der Waals surface area contributed by atoms with Crippen molar-refractivity contribution >= 4 is 27.7 Å². The highest BCUT2D eigenvalue weighted by atomic mass is 79.9. The molecule has 1 aromatic heterocycles. The zero-order valence-electron chi connectivity index (χ0n) is 12.0. The van der Waals surface area contributed by atoms with Crippen LogP contribution < -0.4 is 15.4 Å². The van der Waals surface area contributed by atoms with Crippen molar-refractivity contribution in [1.82, 2.24) is 9.97 Å². The Morgan fingerprint density at radius 1 is 1.14 bits per heavy atom. The highest BCUT2D eigenvalue weighted by Crippen LogP contribution is 2.19. The first kappa shape index (κ1) is 15.6. The lowest BCUT2D eigenvalue weighted by molar-refractivity contribution is 0.332. The van der Waals surface area contributed by atoms with Crippen LogP contribution in [0.25, 0.3) is 0 Å². The van der Waals surface area contributed by atoms with E-state index in [9.17, 15) is 0 Å². The minimum atomic E-state index is 0.568. The molecule has 0 saturated heterocycles. The first-order valence-corrected chi connectivity index (χ1v) is 7.77. The molecule has 2 aromatic rings. The van der Waals surface area contributed by atoms with E-state index in [1.165, 1.54) is 0 Å². The molecule has 0 unspecified atom stereocenters. The lowest BCUT2D eigenvalue weighted by atomic mass is 10.3. The van der Waals surface area contributed by atoms with Gasteiger partial charge in [0.05, 0.1) is 11.0 Å². The second-order valence-corrected chi connectivity index (χ2v) is 5.26. The zero-order valence-corrected chi connectivity index (χ0v) is 13.6. The lowest BCUT2D eigenvalue weighted by Gasteiger charge is -2.10. The fraction of sp³-hybridized carbons (Fsp3) is 0.333. The van der Waals surface area contributed by atoms with Gasteiger partial charge in [-0.3, -0.25) is 0 Å². The Morgan fingerprint density at radius 2 is 1.95 bits per heavy atom. The number of nitrogens with one attached hydrogen (secondary N) is 2. The van der Waals surface area contributed by atoms with Gasteiger partial charge in [0, 0.05) is 12.7 Å². The van der Waals surface area contributed by atoms with Crippen molar-refractivity contribution in [3.05, 3.63) is 41.0 Å². The minimum Gasteiger partial charge on any atom is -0.492 e. The van der Waals surface area contributed by atoms with Gasteiger partial charge in [-0.15, -0.1) is 0 Å². The molecule has 2 rings (SSSR count). The molecule has 6 heteroatoms. The quantitative estimate of drug-likeness (QED) is 0.713. The monoisotopic (exact) mass is 350 g/mol. The third kappa shape index (κ3) is 5.23. The Hall–Kier alpha value is -1.82. The smallest absolute Gasteiger partial charge is 0.224 e. The van der Waals surface area contributed by atoms with Crippen LogP contribution in [0, 0.1) is 0 Å². The summed E-state index contributed by atoms with van der Waals surface area (Å²) in [5.74, 6) is 2.26. The number of halogens is 1. The second-order valence-electron chi connectivity index (χ2n) is 4.41. The average Bonchev–Trinajstić information content (AvgIpc) is 2.53. The van der Waals surface area contributed by atoms with E-state index in [0.717, 1.165) is 29.0 Å².